The van der Waals surface area contributed by atoms with E-state index < -0.39 is 5.97 Å². The monoisotopic (exact) mass is 479 g/mol. The summed E-state index contributed by atoms with van der Waals surface area (Å²) in [6.07, 6.45) is 9.80. The van der Waals surface area contributed by atoms with Gasteiger partial charge in [0.1, 0.15) is 0 Å². The summed E-state index contributed by atoms with van der Waals surface area (Å²) in [6.45, 7) is 3.71. The van der Waals surface area contributed by atoms with E-state index in [9.17, 15) is 4.79 Å². The molecular formula is C22H34BrN5O2. The molecule has 1 heterocycles. The molecule has 1 atom stereocenters. The van der Waals surface area contributed by atoms with E-state index in [-0.39, 0.29) is 12.5 Å². The number of carbonyl (C=O) groups is 1. The van der Waals surface area contributed by atoms with Gasteiger partial charge >= 0.3 is 5.97 Å². The maximum atomic E-state index is 10.7. The van der Waals surface area contributed by atoms with Crippen LogP contribution in [0.5, 0.6) is 0 Å². The van der Waals surface area contributed by atoms with Gasteiger partial charge in [-0.1, -0.05) is 73.5 Å². The van der Waals surface area contributed by atoms with Gasteiger partial charge in [0, 0.05) is 24.0 Å². The van der Waals surface area contributed by atoms with Crippen LogP contribution >= 0.6 is 15.9 Å². The highest BCUT2D eigenvalue weighted by Crippen LogP contribution is 2.20. The van der Waals surface area contributed by atoms with Crippen LogP contribution in [0.15, 0.2) is 28.7 Å². The van der Waals surface area contributed by atoms with E-state index in [1.54, 1.807) is 0 Å². The van der Waals surface area contributed by atoms with E-state index in [4.69, 9.17) is 5.11 Å². The van der Waals surface area contributed by atoms with Crippen molar-refractivity contribution >= 4 is 21.9 Å². The van der Waals surface area contributed by atoms with E-state index in [2.05, 4.69) is 68.0 Å². The van der Waals surface area contributed by atoms with Crippen molar-refractivity contribution in [2.75, 3.05) is 0 Å². The molecule has 2 aromatic rings. The second-order valence-corrected chi connectivity index (χ2v) is 8.64. The number of halogens is 1. The number of carboxylic acids is 1. The molecule has 0 amide bonds. The third kappa shape index (κ3) is 9.34. The first-order valence-electron chi connectivity index (χ1n) is 11.1. The first-order chi connectivity index (χ1) is 14.6. The lowest BCUT2D eigenvalue weighted by Crippen LogP contribution is -2.25. The number of hydrogen-bond acceptors (Lipinski definition) is 5. The Morgan fingerprint density at radius 1 is 1.10 bits per heavy atom. The van der Waals surface area contributed by atoms with Gasteiger partial charge in [0.2, 0.25) is 0 Å². The molecule has 0 aliphatic carbocycles. The van der Waals surface area contributed by atoms with Crippen molar-refractivity contribution in [1.29, 1.82) is 0 Å². The minimum atomic E-state index is -0.738. The maximum Gasteiger partial charge on any atom is 0.303 e. The van der Waals surface area contributed by atoms with Gasteiger partial charge in [-0.3, -0.25) is 4.79 Å². The van der Waals surface area contributed by atoms with Gasteiger partial charge in [0.05, 0.1) is 6.04 Å². The Morgan fingerprint density at radius 2 is 1.83 bits per heavy atom. The minimum Gasteiger partial charge on any atom is -0.481 e. The smallest absolute Gasteiger partial charge is 0.303 e. The number of aryl methyl sites for hydroxylation is 1. The molecular weight excluding hydrogens is 446 g/mol. The predicted octanol–water partition coefficient (Wildman–Crippen LogP) is 5.27. The molecule has 1 aromatic heterocycles. The summed E-state index contributed by atoms with van der Waals surface area (Å²) in [7, 11) is 0. The minimum absolute atomic E-state index is 0.101. The summed E-state index contributed by atoms with van der Waals surface area (Å²) in [4.78, 5) is 10.7. The van der Waals surface area contributed by atoms with Crippen molar-refractivity contribution < 1.29 is 9.90 Å². The lowest BCUT2D eigenvalue weighted by atomic mass is 10.1. The zero-order valence-electron chi connectivity index (χ0n) is 17.9. The molecule has 1 aromatic carbocycles. The fourth-order valence-electron chi connectivity index (χ4n) is 3.45. The molecule has 0 aliphatic rings. The first kappa shape index (κ1) is 24.5. The van der Waals surface area contributed by atoms with Crippen LogP contribution in [-0.4, -0.2) is 31.3 Å². The van der Waals surface area contributed by atoms with E-state index >= 15 is 0 Å². The number of carboxylic acid groups (broad SMARTS) is 1. The summed E-state index contributed by atoms with van der Waals surface area (Å²) in [6, 6.07) is 8.43. The average molecular weight is 480 g/mol. The molecule has 8 heteroatoms. The van der Waals surface area contributed by atoms with Crippen LogP contribution in [0.4, 0.5) is 0 Å². The van der Waals surface area contributed by atoms with E-state index in [0.29, 0.717) is 13.0 Å². The molecule has 0 bridgehead atoms. The molecule has 0 radical (unpaired) electrons. The number of rotatable bonds is 16. The summed E-state index contributed by atoms with van der Waals surface area (Å²) in [5, 5.41) is 24.8. The van der Waals surface area contributed by atoms with Gasteiger partial charge in [-0.05, 0) is 47.4 Å². The van der Waals surface area contributed by atoms with Crippen molar-refractivity contribution in [2.24, 2.45) is 0 Å². The Kier molecular flexibility index (Phi) is 11.6. The SMILES string of the molecule is CCCCCCCC(NCc1ccc(Br)cc1)c1nnnn1CCCCCC(=O)O. The zero-order valence-corrected chi connectivity index (χ0v) is 19.5. The molecule has 2 rings (SSSR count). The molecule has 166 valence electrons. The summed E-state index contributed by atoms with van der Waals surface area (Å²) < 4.78 is 2.96. The number of tetrazole rings is 1. The molecule has 0 spiro atoms. The third-order valence-electron chi connectivity index (χ3n) is 5.19. The molecule has 0 saturated carbocycles. The number of aliphatic carboxylic acids is 1. The van der Waals surface area contributed by atoms with Crippen molar-refractivity contribution in [1.82, 2.24) is 25.5 Å². The van der Waals surface area contributed by atoms with Gasteiger partial charge < -0.3 is 10.4 Å². The number of nitrogens with zero attached hydrogens (tertiary/aromatic N) is 4. The maximum absolute atomic E-state index is 10.7. The fourth-order valence-corrected chi connectivity index (χ4v) is 3.72. The van der Waals surface area contributed by atoms with Gasteiger partial charge in [-0.15, -0.1) is 5.10 Å². The Balaban J connectivity index is 1.94. The highest BCUT2D eigenvalue weighted by Gasteiger charge is 2.18. The zero-order chi connectivity index (χ0) is 21.6. The molecule has 0 aliphatic heterocycles. The number of unbranched alkanes of at least 4 members (excludes halogenated alkanes) is 6. The second kappa shape index (κ2) is 14.2. The van der Waals surface area contributed by atoms with Gasteiger partial charge in [0.25, 0.3) is 0 Å². The van der Waals surface area contributed by atoms with Gasteiger partial charge in [-0.25, -0.2) is 4.68 Å². The Labute approximate surface area is 187 Å². The Bertz CT molecular complexity index is 735. The van der Waals surface area contributed by atoms with Crippen LogP contribution in [0, 0.1) is 0 Å². The topological polar surface area (TPSA) is 92.9 Å². The number of aromatic nitrogens is 4. The molecule has 30 heavy (non-hydrogen) atoms. The van der Waals surface area contributed by atoms with E-state index in [1.807, 2.05) is 4.68 Å². The van der Waals surface area contributed by atoms with E-state index in [1.165, 1.54) is 31.2 Å². The standard InChI is InChI=1S/C22H34BrN5O2/c1-2-3-4-5-7-10-20(24-17-18-12-14-19(23)15-13-18)22-25-26-27-28(22)16-9-6-8-11-21(29)30/h12-15,20,24H,2-11,16-17H2,1H3,(H,29,30). The molecule has 2 N–H and O–H groups in total. The van der Waals surface area contributed by atoms with Gasteiger partial charge in [-0.2, -0.15) is 0 Å². The van der Waals surface area contributed by atoms with Crippen molar-refractivity contribution in [3.63, 3.8) is 0 Å². The first-order valence-corrected chi connectivity index (χ1v) is 11.8. The number of benzene rings is 1. The lowest BCUT2D eigenvalue weighted by molar-refractivity contribution is -0.137. The quantitative estimate of drug-likeness (QED) is 0.318. The van der Waals surface area contributed by atoms with Crippen molar-refractivity contribution in [2.45, 2.75) is 90.3 Å². The molecule has 7 nitrogen and oxygen atoms in total. The summed E-state index contributed by atoms with van der Waals surface area (Å²) in [5.74, 6) is 0.138. The number of nitrogens with one attached hydrogen (secondary N) is 1. The predicted molar refractivity (Wildman–Crippen MR) is 121 cm³/mol. The van der Waals surface area contributed by atoms with E-state index in [0.717, 1.165) is 42.5 Å². The van der Waals surface area contributed by atoms with Crippen LogP contribution < -0.4 is 5.32 Å². The fraction of sp³-hybridized carbons (Fsp3) is 0.636. The molecule has 0 saturated heterocycles. The largest absolute Gasteiger partial charge is 0.481 e. The van der Waals surface area contributed by atoms with Crippen LogP contribution in [-0.2, 0) is 17.9 Å². The normalized spacial score (nSPS) is 12.2. The van der Waals surface area contributed by atoms with Crippen molar-refractivity contribution in [3.8, 4) is 0 Å². The Hall–Kier alpha value is -1.80. The lowest BCUT2D eigenvalue weighted by Gasteiger charge is -2.18. The summed E-state index contributed by atoms with van der Waals surface area (Å²) >= 11 is 3.48. The summed E-state index contributed by atoms with van der Waals surface area (Å²) in [5.41, 5.74) is 1.22. The van der Waals surface area contributed by atoms with Crippen LogP contribution in [0.2, 0.25) is 0 Å². The molecule has 1 unspecified atom stereocenters. The highest BCUT2D eigenvalue weighted by molar-refractivity contribution is 9.10. The van der Waals surface area contributed by atoms with Crippen LogP contribution in [0.25, 0.3) is 0 Å². The van der Waals surface area contributed by atoms with Crippen LogP contribution in [0.3, 0.4) is 0 Å². The van der Waals surface area contributed by atoms with Gasteiger partial charge in [0.15, 0.2) is 5.82 Å². The number of hydrogen-bond donors (Lipinski definition) is 2. The van der Waals surface area contributed by atoms with Crippen LogP contribution in [0.1, 0.15) is 88.6 Å². The molecule has 0 fully saturated rings. The Morgan fingerprint density at radius 3 is 2.57 bits per heavy atom. The van der Waals surface area contributed by atoms with Crippen molar-refractivity contribution in [3.05, 3.63) is 40.1 Å². The highest BCUT2D eigenvalue weighted by atomic mass is 79.9. The second-order valence-electron chi connectivity index (χ2n) is 7.73. The third-order valence-corrected chi connectivity index (χ3v) is 5.72. The average Bonchev–Trinajstić information content (AvgIpc) is 3.19.